The van der Waals surface area contributed by atoms with Crippen molar-refractivity contribution in [3.63, 3.8) is 0 Å². The maximum Gasteiger partial charge on any atom is 0.240 e. The zero-order chi connectivity index (χ0) is 22.1. The van der Waals surface area contributed by atoms with Crippen LogP contribution in [-0.4, -0.2) is 55.1 Å². The van der Waals surface area contributed by atoms with Gasteiger partial charge in [-0.05, 0) is 92.6 Å². The van der Waals surface area contributed by atoms with Crippen molar-refractivity contribution in [3.05, 3.63) is 54.0 Å². The highest BCUT2D eigenvalue weighted by Crippen LogP contribution is 2.40. The molecule has 3 fully saturated rings. The standard InChI is InChI=1S/C25H32FN5O/c1-30(20-6-4-19(26)5-7-20)23-15-18(8-11-28-23)22-3-2-14-31(22)24(32)21-16-25(17-29-21)9-12-27-13-10-25/h4-8,11,15,21-22,27,29H,2-3,9-10,12-14,16-17H2,1H3. The van der Waals surface area contributed by atoms with Gasteiger partial charge in [-0.15, -0.1) is 0 Å². The number of nitrogens with zero attached hydrogens (tertiary/aromatic N) is 3. The number of rotatable bonds is 4. The van der Waals surface area contributed by atoms with Crippen molar-refractivity contribution in [3.8, 4) is 0 Å². The molecular formula is C25H32FN5O. The molecule has 5 rings (SSSR count). The molecule has 2 atom stereocenters. The molecule has 2 unspecified atom stereocenters. The second-order valence-corrected chi connectivity index (χ2v) is 9.56. The predicted octanol–water partition coefficient (Wildman–Crippen LogP) is 3.38. The number of pyridine rings is 1. The molecule has 0 saturated carbocycles. The van der Waals surface area contributed by atoms with E-state index >= 15 is 0 Å². The summed E-state index contributed by atoms with van der Waals surface area (Å²) in [6, 6.07) is 10.5. The Labute approximate surface area is 189 Å². The van der Waals surface area contributed by atoms with Gasteiger partial charge in [0.15, 0.2) is 0 Å². The molecule has 1 aromatic heterocycles. The minimum absolute atomic E-state index is 0.0723. The maximum atomic E-state index is 13.5. The van der Waals surface area contributed by atoms with Crippen molar-refractivity contribution in [2.75, 3.05) is 38.1 Å². The van der Waals surface area contributed by atoms with E-state index in [1.54, 1.807) is 12.1 Å². The van der Waals surface area contributed by atoms with Crippen LogP contribution in [0.3, 0.4) is 0 Å². The maximum absolute atomic E-state index is 13.5. The third-order valence-corrected chi connectivity index (χ3v) is 7.57. The minimum Gasteiger partial charge on any atom is -0.334 e. The molecule has 6 nitrogen and oxygen atoms in total. The summed E-state index contributed by atoms with van der Waals surface area (Å²) in [5.74, 6) is 0.782. The number of likely N-dealkylation sites (tertiary alicyclic amines) is 1. The van der Waals surface area contributed by atoms with Gasteiger partial charge in [0.1, 0.15) is 11.6 Å². The number of benzene rings is 1. The highest BCUT2D eigenvalue weighted by Gasteiger charge is 2.44. The topological polar surface area (TPSA) is 60.5 Å². The number of hydrogen-bond donors (Lipinski definition) is 2. The lowest BCUT2D eigenvalue weighted by atomic mass is 9.77. The third-order valence-electron chi connectivity index (χ3n) is 7.57. The van der Waals surface area contributed by atoms with Crippen LogP contribution in [0.25, 0.3) is 0 Å². The Morgan fingerprint density at radius 2 is 2.00 bits per heavy atom. The monoisotopic (exact) mass is 437 g/mol. The van der Waals surface area contributed by atoms with Gasteiger partial charge in [0, 0.05) is 32.0 Å². The van der Waals surface area contributed by atoms with Crippen LogP contribution >= 0.6 is 0 Å². The fourth-order valence-corrected chi connectivity index (χ4v) is 5.63. The molecule has 7 heteroatoms. The van der Waals surface area contributed by atoms with Crippen molar-refractivity contribution in [1.82, 2.24) is 20.5 Å². The van der Waals surface area contributed by atoms with Gasteiger partial charge >= 0.3 is 0 Å². The van der Waals surface area contributed by atoms with E-state index in [1.165, 1.54) is 12.1 Å². The van der Waals surface area contributed by atoms with Gasteiger partial charge < -0.3 is 20.4 Å². The number of piperidine rings is 1. The summed E-state index contributed by atoms with van der Waals surface area (Å²) in [6.45, 7) is 3.86. The fourth-order valence-electron chi connectivity index (χ4n) is 5.63. The quantitative estimate of drug-likeness (QED) is 0.768. The molecule has 1 spiro atoms. The van der Waals surface area contributed by atoms with E-state index in [9.17, 15) is 9.18 Å². The Kier molecular flexibility index (Phi) is 5.86. The molecule has 0 bridgehead atoms. The second-order valence-electron chi connectivity index (χ2n) is 9.56. The molecule has 170 valence electrons. The van der Waals surface area contributed by atoms with Gasteiger partial charge in [-0.3, -0.25) is 4.79 Å². The van der Waals surface area contributed by atoms with Crippen LogP contribution in [0, 0.1) is 11.2 Å². The molecule has 4 heterocycles. The van der Waals surface area contributed by atoms with Crippen molar-refractivity contribution in [2.24, 2.45) is 5.41 Å². The molecular weight excluding hydrogens is 405 g/mol. The SMILES string of the molecule is CN(c1ccc(F)cc1)c1cc(C2CCCN2C(=O)C2CC3(CCNCC3)CN2)ccn1. The average Bonchev–Trinajstić information content (AvgIpc) is 3.47. The van der Waals surface area contributed by atoms with Gasteiger partial charge in [0.2, 0.25) is 5.91 Å². The van der Waals surface area contributed by atoms with Crippen LogP contribution in [0.2, 0.25) is 0 Å². The number of aromatic nitrogens is 1. The second kappa shape index (κ2) is 8.79. The van der Waals surface area contributed by atoms with Crippen LogP contribution in [0.15, 0.2) is 42.6 Å². The normalized spacial score (nSPS) is 24.8. The summed E-state index contributed by atoms with van der Waals surface area (Å²) in [5.41, 5.74) is 2.27. The number of carbonyl (C=O) groups is 1. The minimum atomic E-state index is -0.254. The van der Waals surface area contributed by atoms with Crippen molar-refractivity contribution < 1.29 is 9.18 Å². The first-order chi connectivity index (χ1) is 15.5. The molecule has 2 N–H and O–H groups in total. The van der Waals surface area contributed by atoms with Crippen LogP contribution in [0.5, 0.6) is 0 Å². The molecule has 3 aliphatic rings. The Morgan fingerprint density at radius 1 is 1.22 bits per heavy atom. The highest BCUT2D eigenvalue weighted by atomic mass is 19.1. The summed E-state index contributed by atoms with van der Waals surface area (Å²) in [7, 11) is 1.93. The Bertz CT molecular complexity index is 959. The number of carbonyl (C=O) groups excluding carboxylic acids is 1. The third kappa shape index (κ3) is 4.11. The van der Waals surface area contributed by atoms with Crippen LogP contribution in [0.1, 0.15) is 43.7 Å². The lowest BCUT2D eigenvalue weighted by Crippen LogP contribution is -2.43. The molecule has 3 saturated heterocycles. The summed E-state index contributed by atoms with van der Waals surface area (Å²) in [5, 5.41) is 6.99. The van der Waals surface area contributed by atoms with E-state index in [-0.39, 0.29) is 29.2 Å². The summed E-state index contributed by atoms with van der Waals surface area (Å²) >= 11 is 0. The number of nitrogens with one attached hydrogen (secondary N) is 2. The van der Waals surface area contributed by atoms with Crippen LogP contribution in [-0.2, 0) is 4.79 Å². The van der Waals surface area contributed by atoms with E-state index in [0.717, 1.165) is 75.4 Å². The highest BCUT2D eigenvalue weighted by molar-refractivity contribution is 5.83. The summed E-state index contributed by atoms with van der Waals surface area (Å²) in [4.78, 5) is 22.1. The number of amides is 1. The van der Waals surface area contributed by atoms with Gasteiger partial charge in [0.05, 0.1) is 12.1 Å². The molecule has 0 aliphatic carbocycles. The van der Waals surface area contributed by atoms with Gasteiger partial charge in [-0.1, -0.05) is 0 Å². The van der Waals surface area contributed by atoms with Crippen molar-refractivity contribution >= 4 is 17.4 Å². The molecule has 32 heavy (non-hydrogen) atoms. The smallest absolute Gasteiger partial charge is 0.240 e. The van der Waals surface area contributed by atoms with E-state index in [0.29, 0.717) is 0 Å². The van der Waals surface area contributed by atoms with Gasteiger partial charge in [-0.25, -0.2) is 9.37 Å². The Morgan fingerprint density at radius 3 is 2.78 bits per heavy atom. The van der Waals surface area contributed by atoms with Crippen LogP contribution in [0.4, 0.5) is 15.9 Å². The largest absolute Gasteiger partial charge is 0.334 e. The zero-order valence-corrected chi connectivity index (χ0v) is 18.7. The van der Waals surface area contributed by atoms with E-state index in [4.69, 9.17) is 0 Å². The first-order valence-electron chi connectivity index (χ1n) is 11.7. The first kappa shape index (κ1) is 21.3. The lowest BCUT2D eigenvalue weighted by molar-refractivity contribution is -0.134. The predicted molar refractivity (Wildman–Crippen MR) is 123 cm³/mol. The van der Waals surface area contributed by atoms with E-state index in [2.05, 4.69) is 26.6 Å². The molecule has 3 aliphatic heterocycles. The zero-order valence-electron chi connectivity index (χ0n) is 18.7. The molecule has 2 aromatic rings. The first-order valence-corrected chi connectivity index (χ1v) is 11.7. The van der Waals surface area contributed by atoms with Crippen LogP contribution < -0.4 is 15.5 Å². The fraction of sp³-hybridized carbons (Fsp3) is 0.520. The average molecular weight is 438 g/mol. The Balaban J connectivity index is 1.32. The molecule has 1 aromatic carbocycles. The Hall–Kier alpha value is -2.51. The number of hydrogen-bond acceptors (Lipinski definition) is 5. The summed E-state index contributed by atoms with van der Waals surface area (Å²) in [6.07, 6.45) is 7.04. The lowest BCUT2D eigenvalue weighted by Gasteiger charge is -2.33. The van der Waals surface area contributed by atoms with Gasteiger partial charge in [0.25, 0.3) is 0 Å². The number of halogens is 1. The van der Waals surface area contributed by atoms with Crippen molar-refractivity contribution in [2.45, 2.75) is 44.2 Å². The van der Waals surface area contributed by atoms with Crippen molar-refractivity contribution in [1.29, 1.82) is 0 Å². The van der Waals surface area contributed by atoms with E-state index in [1.807, 2.05) is 24.2 Å². The van der Waals surface area contributed by atoms with E-state index < -0.39 is 0 Å². The summed E-state index contributed by atoms with van der Waals surface area (Å²) < 4.78 is 13.3. The number of anilines is 2. The molecule has 1 amide bonds. The van der Waals surface area contributed by atoms with Gasteiger partial charge in [-0.2, -0.15) is 0 Å². The molecule has 0 radical (unpaired) electrons.